The molecule has 0 spiro atoms. The normalized spacial score (nSPS) is 15.1. The number of hydrogen-bond acceptors (Lipinski definition) is 2. The Kier molecular flexibility index (Phi) is 4.55. The van der Waals surface area contributed by atoms with E-state index in [2.05, 4.69) is 0 Å². The molecule has 0 aliphatic carbocycles. The first-order chi connectivity index (χ1) is 3.27. The van der Waals surface area contributed by atoms with E-state index in [9.17, 15) is 4.21 Å². The maximum Gasteiger partial charge on any atom is 0.0815 e. The largest absolute Gasteiger partial charge is 0.248 e. The summed E-state index contributed by atoms with van der Waals surface area (Å²) < 4.78 is 10.2. The van der Waals surface area contributed by atoms with Gasteiger partial charge in [0.1, 0.15) is 0 Å². The van der Waals surface area contributed by atoms with E-state index in [1.165, 1.54) is 10.8 Å². The third-order valence-electron chi connectivity index (χ3n) is 0.327. The minimum absolute atomic E-state index is 0.736. The molecule has 1 atom stereocenters. The quantitative estimate of drug-likeness (QED) is 0.536. The van der Waals surface area contributed by atoms with Gasteiger partial charge in [-0.05, 0) is 23.1 Å². The summed E-state index contributed by atoms with van der Waals surface area (Å²) in [7, 11) is 0.587. The Balaban J connectivity index is 3.14. The van der Waals surface area contributed by atoms with Gasteiger partial charge in [0, 0.05) is 6.26 Å². The first-order valence-corrected chi connectivity index (χ1v) is 4.84. The molecule has 0 saturated heterocycles. The zero-order valence-electron chi connectivity index (χ0n) is 4.38. The van der Waals surface area contributed by atoms with Crippen molar-refractivity contribution in [2.45, 2.75) is 6.92 Å². The van der Waals surface area contributed by atoms with Crippen LogP contribution in [0.1, 0.15) is 6.92 Å². The Hall–Kier alpha value is 0.240. The lowest BCUT2D eigenvalue weighted by atomic mass is 10.8. The van der Waals surface area contributed by atoms with Crippen LogP contribution in [0.3, 0.4) is 0 Å². The zero-order valence-corrected chi connectivity index (χ0v) is 6.01. The summed E-state index contributed by atoms with van der Waals surface area (Å²) in [5.41, 5.74) is 0. The van der Waals surface area contributed by atoms with Gasteiger partial charge in [-0.25, -0.2) is 4.21 Å². The number of rotatable bonds is 2. The van der Waals surface area contributed by atoms with Crippen LogP contribution in [0.4, 0.5) is 0 Å². The molecule has 3 heteroatoms. The van der Waals surface area contributed by atoms with Gasteiger partial charge in [-0.2, -0.15) is 0 Å². The second-order valence-corrected chi connectivity index (χ2v) is 4.22. The van der Waals surface area contributed by atoms with Gasteiger partial charge in [0.05, 0.1) is 9.83 Å². The predicted octanol–water partition coefficient (Wildman–Crippen LogP) is 1.55. The van der Waals surface area contributed by atoms with Crippen molar-refractivity contribution in [2.24, 2.45) is 0 Å². The van der Waals surface area contributed by atoms with Gasteiger partial charge in [-0.15, -0.1) is 0 Å². The summed E-state index contributed by atoms with van der Waals surface area (Å²) in [6.07, 6.45) is 3.52. The van der Waals surface area contributed by atoms with E-state index in [1.54, 1.807) is 6.26 Å². The highest BCUT2D eigenvalue weighted by Crippen LogP contribution is 2.04. The van der Waals surface area contributed by atoms with Crippen molar-refractivity contribution in [3.05, 3.63) is 11.5 Å². The van der Waals surface area contributed by atoms with Gasteiger partial charge in [0.25, 0.3) is 0 Å². The van der Waals surface area contributed by atoms with Crippen LogP contribution in [0.15, 0.2) is 11.5 Å². The number of allylic oxidation sites excluding steroid dienone is 1. The van der Waals surface area contributed by atoms with Crippen LogP contribution in [0, 0.1) is 0 Å². The van der Waals surface area contributed by atoms with Gasteiger partial charge in [-0.1, -0.05) is 6.08 Å². The summed E-state index contributed by atoms with van der Waals surface area (Å²) in [6.45, 7) is 1.90. The van der Waals surface area contributed by atoms with Crippen molar-refractivity contribution < 1.29 is 4.21 Å². The van der Waals surface area contributed by atoms with Crippen molar-refractivity contribution in [2.75, 3.05) is 6.26 Å². The molecule has 0 amide bonds. The molecule has 0 bridgehead atoms. The molecule has 0 aromatic carbocycles. The minimum atomic E-state index is -0.736. The molecule has 0 aliphatic rings. The Morgan fingerprint density at radius 3 is 2.43 bits per heavy atom. The van der Waals surface area contributed by atoms with Crippen molar-refractivity contribution in [3.8, 4) is 0 Å². The third-order valence-corrected chi connectivity index (χ3v) is 2.13. The summed E-state index contributed by atoms with van der Waals surface area (Å²) in [6, 6.07) is 0. The lowest BCUT2D eigenvalue weighted by Crippen LogP contribution is -1.67. The average molecular weight is 136 g/mol. The highest BCUT2D eigenvalue weighted by molar-refractivity contribution is 8.70. The van der Waals surface area contributed by atoms with E-state index in [0.29, 0.717) is 0 Å². The zero-order chi connectivity index (χ0) is 5.70. The predicted molar refractivity (Wildman–Crippen MR) is 36.5 cm³/mol. The van der Waals surface area contributed by atoms with Crippen LogP contribution in [0.5, 0.6) is 0 Å². The van der Waals surface area contributed by atoms with E-state index in [4.69, 9.17) is 0 Å². The lowest BCUT2D eigenvalue weighted by Gasteiger charge is -1.79. The number of hydrogen-bond donors (Lipinski definition) is 0. The molecule has 0 rings (SSSR count). The fourth-order valence-electron chi connectivity index (χ4n) is 0.134. The molecule has 0 aromatic heterocycles. The molecule has 0 heterocycles. The molecule has 0 saturated carbocycles. The summed E-state index contributed by atoms with van der Waals surface area (Å²) >= 11 is 0. The van der Waals surface area contributed by atoms with Crippen molar-refractivity contribution in [3.63, 3.8) is 0 Å². The third kappa shape index (κ3) is 6.24. The lowest BCUT2D eigenvalue weighted by molar-refractivity contribution is 0.695. The first kappa shape index (κ1) is 7.24. The fraction of sp³-hybridized carbons (Fsp3) is 0.500. The SMILES string of the molecule is CC=CSS(C)=O. The van der Waals surface area contributed by atoms with Crippen LogP contribution in [-0.4, -0.2) is 10.5 Å². The first-order valence-electron chi connectivity index (χ1n) is 1.89. The Bertz CT molecular complexity index is 87.7. The van der Waals surface area contributed by atoms with Crippen molar-refractivity contribution in [1.29, 1.82) is 0 Å². The van der Waals surface area contributed by atoms with Crippen LogP contribution in [0.2, 0.25) is 0 Å². The summed E-state index contributed by atoms with van der Waals surface area (Å²) in [5, 5.41) is 1.82. The summed E-state index contributed by atoms with van der Waals surface area (Å²) in [5.74, 6) is 0. The molecule has 0 N–H and O–H groups in total. The van der Waals surface area contributed by atoms with E-state index in [-0.39, 0.29) is 0 Å². The van der Waals surface area contributed by atoms with Crippen LogP contribution < -0.4 is 0 Å². The van der Waals surface area contributed by atoms with Gasteiger partial charge >= 0.3 is 0 Å². The van der Waals surface area contributed by atoms with Crippen LogP contribution in [0.25, 0.3) is 0 Å². The van der Waals surface area contributed by atoms with E-state index in [1.807, 2.05) is 18.4 Å². The molecular formula is C4H8OS2. The smallest absolute Gasteiger partial charge is 0.0815 e. The molecule has 0 radical (unpaired) electrons. The molecular weight excluding hydrogens is 128 g/mol. The second-order valence-electron chi connectivity index (χ2n) is 0.967. The molecule has 1 unspecified atom stereocenters. The van der Waals surface area contributed by atoms with E-state index < -0.39 is 9.83 Å². The molecule has 0 fully saturated rings. The van der Waals surface area contributed by atoms with Gasteiger partial charge in [0.15, 0.2) is 0 Å². The molecule has 7 heavy (non-hydrogen) atoms. The van der Waals surface area contributed by atoms with Gasteiger partial charge in [0.2, 0.25) is 0 Å². The van der Waals surface area contributed by atoms with Crippen molar-refractivity contribution >= 4 is 20.6 Å². The fourth-order valence-corrected chi connectivity index (χ4v) is 1.20. The Labute approximate surface area is 50.0 Å². The Morgan fingerprint density at radius 2 is 2.29 bits per heavy atom. The monoisotopic (exact) mass is 136 g/mol. The molecule has 0 aliphatic heterocycles. The van der Waals surface area contributed by atoms with Gasteiger partial charge in [-0.3, -0.25) is 0 Å². The molecule has 42 valence electrons. The average Bonchev–Trinajstić information content (AvgIpc) is 1.61. The topological polar surface area (TPSA) is 17.1 Å². The highest BCUT2D eigenvalue weighted by atomic mass is 33.1. The van der Waals surface area contributed by atoms with Crippen LogP contribution in [-0.2, 0) is 9.83 Å². The van der Waals surface area contributed by atoms with E-state index >= 15 is 0 Å². The molecule has 0 aromatic rings. The Morgan fingerprint density at radius 1 is 1.71 bits per heavy atom. The van der Waals surface area contributed by atoms with Crippen LogP contribution >= 0.6 is 10.8 Å². The van der Waals surface area contributed by atoms with E-state index in [0.717, 1.165) is 0 Å². The van der Waals surface area contributed by atoms with Gasteiger partial charge < -0.3 is 0 Å². The second kappa shape index (κ2) is 4.40. The maximum absolute atomic E-state index is 10.2. The molecule has 1 nitrogen and oxygen atoms in total. The maximum atomic E-state index is 10.2. The minimum Gasteiger partial charge on any atom is -0.248 e. The standard InChI is InChI=1S/C4H8OS2/c1-3-4-6-7(2)5/h3-4H,1-2H3. The van der Waals surface area contributed by atoms with Crippen molar-refractivity contribution in [1.82, 2.24) is 0 Å². The summed E-state index contributed by atoms with van der Waals surface area (Å²) in [4.78, 5) is 0. The highest BCUT2D eigenvalue weighted by Gasteiger charge is 1.79.